The third kappa shape index (κ3) is 3.69. The van der Waals surface area contributed by atoms with Crippen LogP contribution < -0.4 is 10.1 Å². The van der Waals surface area contributed by atoms with Crippen LogP contribution in [-0.4, -0.2) is 70.5 Å². The Balaban J connectivity index is 1.51. The van der Waals surface area contributed by atoms with Crippen molar-refractivity contribution in [3.8, 4) is 11.4 Å². The molecule has 10 heteroatoms. The minimum absolute atomic E-state index is 0.417. The predicted molar refractivity (Wildman–Crippen MR) is 119 cm³/mol. The zero-order valence-corrected chi connectivity index (χ0v) is 18.0. The molecular formula is C20H21ClN6O2S. The Bertz CT molecular complexity index is 1190. The summed E-state index contributed by atoms with van der Waals surface area (Å²) in [4.78, 5) is 6.64. The Morgan fingerprint density at radius 2 is 2.10 bits per heavy atom. The van der Waals surface area contributed by atoms with Gasteiger partial charge in [-0.2, -0.15) is 4.37 Å². The molecule has 156 valence electrons. The molecule has 0 atom stereocenters. The summed E-state index contributed by atoms with van der Waals surface area (Å²) in [5, 5.41) is 10.7. The first-order valence-corrected chi connectivity index (χ1v) is 10.9. The molecule has 4 heterocycles. The zero-order valence-electron chi connectivity index (χ0n) is 16.5. The second-order valence-corrected chi connectivity index (χ2v) is 8.27. The first kappa shape index (κ1) is 19.5. The molecule has 0 saturated carbocycles. The normalized spacial score (nSPS) is 15.1. The highest BCUT2D eigenvalue weighted by Gasteiger charge is 2.18. The van der Waals surface area contributed by atoms with Crippen molar-refractivity contribution in [1.29, 1.82) is 0 Å². The summed E-state index contributed by atoms with van der Waals surface area (Å²) in [5.74, 6) is 1.50. The number of morpholine rings is 1. The molecule has 1 fully saturated rings. The van der Waals surface area contributed by atoms with E-state index in [0.717, 1.165) is 77.6 Å². The average molecular weight is 445 g/mol. The summed E-state index contributed by atoms with van der Waals surface area (Å²) in [6.45, 7) is 5.20. The number of ether oxygens (including phenoxy) is 2. The highest BCUT2D eigenvalue weighted by atomic mass is 35.5. The van der Waals surface area contributed by atoms with Crippen LogP contribution in [0.25, 0.3) is 26.7 Å². The van der Waals surface area contributed by atoms with E-state index in [2.05, 4.69) is 19.6 Å². The van der Waals surface area contributed by atoms with Gasteiger partial charge in [0.15, 0.2) is 5.82 Å². The van der Waals surface area contributed by atoms with Gasteiger partial charge in [-0.1, -0.05) is 11.6 Å². The minimum Gasteiger partial charge on any atom is -0.494 e. The fraction of sp³-hybridized carbons (Fsp3) is 0.350. The molecule has 0 radical (unpaired) electrons. The van der Waals surface area contributed by atoms with Crippen LogP contribution in [0.3, 0.4) is 0 Å². The van der Waals surface area contributed by atoms with E-state index in [-0.39, 0.29) is 0 Å². The summed E-state index contributed by atoms with van der Waals surface area (Å²) < 4.78 is 18.3. The molecular weight excluding hydrogens is 424 g/mol. The van der Waals surface area contributed by atoms with Gasteiger partial charge in [0.2, 0.25) is 0 Å². The van der Waals surface area contributed by atoms with Crippen LogP contribution in [0, 0.1) is 0 Å². The van der Waals surface area contributed by atoms with E-state index in [0.29, 0.717) is 5.15 Å². The van der Waals surface area contributed by atoms with E-state index in [9.17, 15) is 0 Å². The highest BCUT2D eigenvalue weighted by molar-refractivity contribution is 7.13. The van der Waals surface area contributed by atoms with Crippen molar-refractivity contribution in [2.24, 2.45) is 0 Å². The van der Waals surface area contributed by atoms with Crippen LogP contribution in [0.2, 0.25) is 5.15 Å². The molecule has 1 N–H and O–H groups in total. The van der Waals surface area contributed by atoms with Crippen LogP contribution in [-0.2, 0) is 4.74 Å². The topological polar surface area (TPSA) is 77.3 Å². The molecule has 1 saturated heterocycles. The Morgan fingerprint density at radius 1 is 1.23 bits per heavy atom. The molecule has 1 aliphatic heterocycles. The molecule has 0 unspecified atom stereocenters. The van der Waals surface area contributed by atoms with Crippen molar-refractivity contribution in [2.75, 3.05) is 51.8 Å². The van der Waals surface area contributed by atoms with Crippen LogP contribution in [0.4, 0.5) is 5.82 Å². The maximum Gasteiger partial charge on any atom is 0.158 e. The first-order valence-electron chi connectivity index (χ1n) is 9.74. The zero-order chi connectivity index (χ0) is 20.5. The molecule has 3 aromatic heterocycles. The molecule has 0 amide bonds. The van der Waals surface area contributed by atoms with Crippen molar-refractivity contribution < 1.29 is 9.47 Å². The first-order chi connectivity index (χ1) is 14.7. The minimum atomic E-state index is 0.417. The SMILES string of the molecule is COc1cc2sncc2cc1-n1nc(NCCN2CCOCC2)c2cnc(Cl)cc21. The van der Waals surface area contributed by atoms with E-state index in [1.807, 2.05) is 29.1 Å². The average Bonchev–Trinajstić information content (AvgIpc) is 3.37. The number of anilines is 1. The number of pyridine rings is 1. The van der Waals surface area contributed by atoms with Gasteiger partial charge in [-0.15, -0.1) is 5.10 Å². The Labute approximate surface area is 182 Å². The highest BCUT2D eigenvalue weighted by Crippen LogP contribution is 2.34. The van der Waals surface area contributed by atoms with Crippen LogP contribution in [0.15, 0.2) is 30.6 Å². The monoisotopic (exact) mass is 444 g/mol. The van der Waals surface area contributed by atoms with Gasteiger partial charge in [-0.3, -0.25) is 4.90 Å². The maximum atomic E-state index is 6.21. The van der Waals surface area contributed by atoms with E-state index in [1.54, 1.807) is 13.3 Å². The smallest absolute Gasteiger partial charge is 0.158 e. The second-order valence-electron chi connectivity index (χ2n) is 7.05. The second kappa shape index (κ2) is 8.35. The van der Waals surface area contributed by atoms with Gasteiger partial charge < -0.3 is 14.8 Å². The van der Waals surface area contributed by atoms with Crippen molar-refractivity contribution in [3.05, 3.63) is 35.7 Å². The number of nitrogens with one attached hydrogen (secondary N) is 1. The van der Waals surface area contributed by atoms with Gasteiger partial charge in [0.1, 0.15) is 16.6 Å². The summed E-state index contributed by atoms with van der Waals surface area (Å²) >= 11 is 7.65. The lowest BCUT2D eigenvalue weighted by Gasteiger charge is -2.26. The van der Waals surface area contributed by atoms with Crippen molar-refractivity contribution in [1.82, 2.24) is 24.0 Å². The molecule has 0 bridgehead atoms. The number of hydrogen-bond donors (Lipinski definition) is 1. The number of aromatic nitrogens is 4. The van der Waals surface area contributed by atoms with Crippen molar-refractivity contribution in [2.45, 2.75) is 0 Å². The largest absolute Gasteiger partial charge is 0.494 e. The third-order valence-electron chi connectivity index (χ3n) is 5.24. The molecule has 5 rings (SSSR count). The predicted octanol–water partition coefficient (Wildman–Crippen LogP) is 3.44. The van der Waals surface area contributed by atoms with Gasteiger partial charge >= 0.3 is 0 Å². The lowest BCUT2D eigenvalue weighted by molar-refractivity contribution is 0.0398. The number of nitrogens with zero attached hydrogens (tertiary/aromatic N) is 5. The third-order valence-corrected chi connectivity index (χ3v) is 6.21. The quantitative estimate of drug-likeness (QED) is 0.456. The summed E-state index contributed by atoms with van der Waals surface area (Å²) in [6, 6.07) is 5.85. The van der Waals surface area contributed by atoms with Crippen molar-refractivity contribution >= 4 is 49.9 Å². The number of fused-ring (bicyclic) bond motifs is 2. The molecule has 30 heavy (non-hydrogen) atoms. The number of hydrogen-bond acceptors (Lipinski definition) is 8. The van der Waals surface area contributed by atoms with E-state index >= 15 is 0 Å². The van der Waals surface area contributed by atoms with Gasteiger partial charge in [-0.25, -0.2) is 9.67 Å². The van der Waals surface area contributed by atoms with Gasteiger partial charge in [0.25, 0.3) is 0 Å². The van der Waals surface area contributed by atoms with Crippen LogP contribution in [0.5, 0.6) is 5.75 Å². The maximum absolute atomic E-state index is 6.21. The Kier molecular flexibility index (Phi) is 5.43. The molecule has 0 spiro atoms. The summed E-state index contributed by atoms with van der Waals surface area (Å²) in [5.41, 5.74) is 1.70. The van der Waals surface area contributed by atoms with Crippen LogP contribution >= 0.6 is 23.1 Å². The molecule has 8 nitrogen and oxygen atoms in total. The van der Waals surface area contributed by atoms with Crippen LogP contribution in [0.1, 0.15) is 0 Å². The number of rotatable bonds is 6. The Morgan fingerprint density at radius 3 is 2.93 bits per heavy atom. The van der Waals surface area contributed by atoms with Gasteiger partial charge in [0, 0.05) is 56.1 Å². The lowest BCUT2D eigenvalue weighted by atomic mass is 10.2. The molecule has 0 aliphatic carbocycles. The number of methoxy groups -OCH3 is 1. The number of benzene rings is 1. The van der Waals surface area contributed by atoms with Gasteiger partial charge in [-0.05, 0) is 17.6 Å². The van der Waals surface area contributed by atoms with E-state index in [1.165, 1.54) is 11.5 Å². The fourth-order valence-corrected chi connectivity index (χ4v) is 4.48. The number of halogens is 1. The summed E-state index contributed by atoms with van der Waals surface area (Å²) in [6.07, 6.45) is 3.61. The van der Waals surface area contributed by atoms with Crippen molar-refractivity contribution in [3.63, 3.8) is 0 Å². The lowest BCUT2D eigenvalue weighted by Crippen LogP contribution is -2.39. The van der Waals surface area contributed by atoms with Gasteiger partial charge in [0.05, 0.1) is 35.9 Å². The molecule has 4 aromatic rings. The fourth-order valence-electron chi connectivity index (χ4n) is 3.67. The standard InChI is InChI=1S/C20H21ClN6O2S/c1-28-17-10-18-13(11-24-30-18)8-16(17)27-15-9-19(21)23-12-14(15)20(25-27)22-2-3-26-4-6-29-7-5-26/h8-12H,2-7H2,1H3,(H,22,25). The summed E-state index contributed by atoms with van der Waals surface area (Å²) in [7, 11) is 1.66. The van der Waals surface area contributed by atoms with E-state index < -0.39 is 0 Å². The molecule has 1 aliphatic rings. The molecule has 1 aromatic carbocycles. The Hall–Kier alpha value is -2.46. The van der Waals surface area contributed by atoms with E-state index in [4.69, 9.17) is 26.2 Å².